The fourth-order valence-electron chi connectivity index (χ4n) is 1.46. The molecule has 0 spiro atoms. The van der Waals surface area contributed by atoms with Gasteiger partial charge in [-0.2, -0.15) is 0 Å². The first-order valence-electron chi connectivity index (χ1n) is 4.91. The van der Waals surface area contributed by atoms with E-state index >= 15 is 0 Å². The summed E-state index contributed by atoms with van der Waals surface area (Å²) in [5.74, 6) is -1.74. The Labute approximate surface area is 93.9 Å². The van der Waals surface area contributed by atoms with Gasteiger partial charge in [-0.15, -0.1) is 0 Å². The molecule has 0 heterocycles. The Morgan fingerprint density at radius 3 is 2.31 bits per heavy atom. The van der Waals surface area contributed by atoms with Crippen LogP contribution in [0.25, 0.3) is 0 Å². The van der Waals surface area contributed by atoms with Crippen molar-refractivity contribution in [2.75, 3.05) is 0 Å². The number of hydrogen-bond acceptors (Lipinski definition) is 3. The summed E-state index contributed by atoms with van der Waals surface area (Å²) >= 11 is 0. The first-order valence-corrected chi connectivity index (χ1v) is 4.91. The summed E-state index contributed by atoms with van der Waals surface area (Å²) in [6.45, 7) is 2.59. The Hall–Kier alpha value is -1.84. The molecule has 0 aliphatic rings. The summed E-state index contributed by atoms with van der Waals surface area (Å²) < 4.78 is 4.86. The standard InChI is InChI=1S/C12H14O4/c1-9(13)16-12(2,11(14)15)8-10-6-4-3-5-7-10/h3-7H,8H2,1-2H3,(H,14,15). The molecule has 0 fully saturated rings. The number of benzene rings is 1. The molecule has 86 valence electrons. The molecule has 4 heteroatoms. The minimum Gasteiger partial charge on any atom is -0.478 e. The second-order valence-electron chi connectivity index (χ2n) is 3.79. The molecule has 1 unspecified atom stereocenters. The van der Waals surface area contributed by atoms with Gasteiger partial charge in [-0.25, -0.2) is 4.79 Å². The van der Waals surface area contributed by atoms with E-state index < -0.39 is 17.5 Å². The number of ether oxygens (including phenoxy) is 1. The Bertz CT molecular complexity index is 385. The van der Waals surface area contributed by atoms with Crippen LogP contribution < -0.4 is 0 Å². The van der Waals surface area contributed by atoms with Crippen LogP contribution in [0.3, 0.4) is 0 Å². The molecule has 0 amide bonds. The van der Waals surface area contributed by atoms with E-state index in [9.17, 15) is 9.59 Å². The van der Waals surface area contributed by atoms with Crippen molar-refractivity contribution >= 4 is 11.9 Å². The van der Waals surface area contributed by atoms with Crippen molar-refractivity contribution < 1.29 is 19.4 Å². The van der Waals surface area contributed by atoms with Crippen LogP contribution in [0, 0.1) is 0 Å². The highest BCUT2D eigenvalue weighted by atomic mass is 16.6. The molecule has 1 aromatic carbocycles. The van der Waals surface area contributed by atoms with Crippen LogP contribution in [-0.2, 0) is 20.7 Å². The summed E-state index contributed by atoms with van der Waals surface area (Å²) in [5.41, 5.74) is -0.693. The van der Waals surface area contributed by atoms with E-state index in [0.29, 0.717) is 0 Å². The molecule has 1 atom stereocenters. The zero-order valence-corrected chi connectivity index (χ0v) is 9.27. The number of carboxylic acid groups (broad SMARTS) is 1. The predicted molar refractivity (Wildman–Crippen MR) is 58.0 cm³/mol. The molecule has 4 nitrogen and oxygen atoms in total. The minimum absolute atomic E-state index is 0.156. The number of aliphatic carboxylic acids is 1. The van der Waals surface area contributed by atoms with Crippen molar-refractivity contribution in [1.29, 1.82) is 0 Å². The normalized spacial score (nSPS) is 13.9. The molecule has 0 aromatic heterocycles. The van der Waals surface area contributed by atoms with Crippen LogP contribution in [0.1, 0.15) is 19.4 Å². The molecule has 1 rings (SSSR count). The summed E-state index contributed by atoms with van der Waals surface area (Å²) in [6, 6.07) is 9.06. The lowest BCUT2D eigenvalue weighted by Gasteiger charge is -2.24. The van der Waals surface area contributed by atoms with Gasteiger partial charge < -0.3 is 9.84 Å². The lowest BCUT2D eigenvalue weighted by Crippen LogP contribution is -2.42. The quantitative estimate of drug-likeness (QED) is 0.786. The topological polar surface area (TPSA) is 63.6 Å². The Balaban J connectivity index is 2.87. The lowest BCUT2D eigenvalue weighted by atomic mass is 9.96. The van der Waals surface area contributed by atoms with E-state index in [-0.39, 0.29) is 6.42 Å². The first kappa shape index (κ1) is 12.2. The highest BCUT2D eigenvalue weighted by Crippen LogP contribution is 2.18. The fourth-order valence-corrected chi connectivity index (χ4v) is 1.46. The third kappa shape index (κ3) is 3.08. The molecule has 0 aliphatic heterocycles. The molecule has 1 N–H and O–H groups in total. The molecular weight excluding hydrogens is 208 g/mol. The monoisotopic (exact) mass is 222 g/mol. The van der Waals surface area contributed by atoms with Crippen molar-refractivity contribution in [3.8, 4) is 0 Å². The third-order valence-corrected chi connectivity index (χ3v) is 2.21. The van der Waals surface area contributed by atoms with Crippen molar-refractivity contribution in [1.82, 2.24) is 0 Å². The van der Waals surface area contributed by atoms with Gasteiger partial charge in [0.25, 0.3) is 0 Å². The zero-order valence-electron chi connectivity index (χ0n) is 9.27. The van der Waals surface area contributed by atoms with Crippen molar-refractivity contribution in [3.63, 3.8) is 0 Å². The Morgan fingerprint density at radius 1 is 1.31 bits per heavy atom. The van der Waals surface area contributed by atoms with Gasteiger partial charge in [-0.3, -0.25) is 4.79 Å². The SMILES string of the molecule is CC(=O)OC(C)(Cc1ccccc1)C(=O)O. The number of carboxylic acids is 1. The Kier molecular flexibility index (Phi) is 3.66. The number of carbonyl (C=O) groups is 2. The molecular formula is C12H14O4. The molecule has 0 aliphatic carbocycles. The summed E-state index contributed by atoms with van der Waals surface area (Å²) in [7, 11) is 0. The van der Waals surface area contributed by atoms with Crippen molar-refractivity contribution in [2.45, 2.75) is 25.9 Å². The summed E-state index contributed by atoms with van der Waals surface area (Å²) in [5, 5.41) is 9.07. The van der Waals surface area contributed by atoms with Gasteiger partial charge in [0, 0.05) is 13.3 Å². The van der Waals surface area contributed by atoms with Gasteiger partial charge in [0.05, 0.1) is 0 Å². The summed E-state index contributed by atoms with van der Waals surface area (Å²) in [6.07, 6.45) is 0.156. The predicted octanol–water partition coefficient (Wildman–Crippen LogP) is 1.64. The van der Waals surface area contributed by atoms with Gasteiger partial charge in [-0.05, 0) is 12.5 Å². The minimum atomic E-state index is -1.51. The maximum absolute atomic E-state index is 11.1. The van der Waals surface area contributed by atoms with Crippen LogP contribution in [0.15, 0.2) is 30.3 Å². The molecule has 0 saturated carbocycles. The average molecular weight is 222 g/mol. The van der Waals surface area contributed by atoms with E-state index in [1.165, 1.54) is 13.8 Å². The van der Waals surface area contributed by atoms with Crippen LogP contribution >= 0.6 is 0 Å². The van der Waals surface area contributed by atoms with Crippen LogP contribution in [-0.4, -0.2) is 22.6 Å². The van der Waals surface area contributed by atoms with Gasteiger partial charge in [0.1, 0.15) is 0 Å². The van der Waals surface area contributed by atoms with E-state index in [2.05, 4.69) is 0 Å². The van der Waals surface area contributed by atoms with Gasteiger partial charge >= 0.3 is 11.9 Å². The second kappa shape index (κ2) is 4.79. The molecule has 0 radical (unpaired) electrons. The number of carbonyl (C=O) groups excluding carboxylic acids is 1. The molecule has 1 aromatic rings. The highest BCUT2D eigenvalue weighted by molar-refractivity contribution is 5.81. The molecule has 0 bridgehead atoms. The first-order chi connectivity index (χ1) is 7.44. The van der Waals surface area contributed by atoms with E-state index in [1.54, 1.807) is 12.1 Å². The van der Waals surface area contributed by atoms with Gasteiger partial charge in [0.2, 0.25) is 5.60 Å². The molecule has 16 heavy (non-hydrogen) atoms. The third-order valence-electron chi connectivity index (χ3n) is 2.21. The molecule has 0 saturated heterocycles. The van der Waals surface area contributed by atoms with E-state index in [0.717, 1.165) is 5.56 Å². The fraction of sp³-hybridized carbons (Fsp3) is 0.333. The van der Waals surface area contributed by atoms with Crippen molar-refractivity contribution in [3.05, 3.63) is 35.9 Å². The second-order valence-corrected chi connectivity index (χ2v) is 3.79. The largest absolute Gasteiger partial charge is 0.478 e. The average Bonchev–Trinajstić information content (AvgIpc) is 2.17. The lowest BCUT2D eigenvalue weighted by molar-refractivity contribution is -0.174. The number of rotatable bonds is 4. The highest BCUT2D eigenvalue weighted by Gasteiger charge is 2.36. The smallest absolute Gasteiger partial charge is 0.348 e. The van der Waals surface area contributed by atoms with Crippen molar-refractivity contribution in [2.24, 2.45) is 0 Å². The summed E-state index contributed by atoms with van der Waals surface area (Å²) in [4.78, 5) is 22.0. The maximum atomic E-state index is 11.1. The van der Waals surface area contributed by atoms with Crippen LogP contribution in [0.5, 0.6) is 0 Å². The number of esters is 1. The van der Waals surface area contributed by atoms with E-state index in [4.69, 9.17) is 9.84 Å². The Morgan fingerprint density at radius 2 is 1.88 bits per heavy atom. The van der Waals surface area contributed by atoms with Gasteiger partial charge in [0.15, 0.2) is 0 Å². The van der Waals surface area contributed by atoms with Crippen LogP contribution in [0.2, 0.25) is 0 Å². The zero-order chi connectivity index (χ0) is 12.2. The number of hydrogen-bond donors (Lipinski definition) is 1. The maximum Gasteiger partial charge on any atom is 0.348 e. The van der Waals surface area contributed by atoms with Crippen LogP contribution in [0.4, 0.5) is 0 Å². The van der Waals surface area contributed by atoms with Gasteiger partial charge in [-0.1, -0.05) is 30.3 Å². The van der Waals surface area contributed by atoms with E-state index in [1.807, 2.05) is 18.2 Å².